The number of hydrogen-bond acceptors (Lipinski definition) is 0. The van der Waals surface area contributed by atoms with E-state index in [1.165, 1.54) is 0 Å². The van der Waals surface area contributed by atoms with Crippen LogP contribution in [-0.4, -0.2) is 11.8 Å². The molecule has 0 saturated carbocycles. The van der Waals surface area contributed by atoms with Gasteiger partial charge in [-0.25, -0.2) is 0 Å². The van der Waals surface area contributed by atoms with Crippen LogP contribution in [0.5, 0.6) is 0 Å². The second kappa shape index (κ2) is 3.81. The van der Waals surface area contributed by atoms with Crippen molar-refractivity contribution in [2.24, 2.45) is 0 Å². The molecule has 0 atom stereocenters. The molecule has 1 rings (SSSR count). The van der Waals surface area contributed by atoms with Gasteiger partial charge >= 0.3 is 90.3 Å². The molecule has 16 heavy (non-hydrogen) atoms. The van der Waals surface area contributed by atoms with Crippen LogP contribution in [0, 0.1) is 0 Å². The van der Waals surface area contributed by atoms with Crippen molar-refractivity contribution >= 4 is 21.0 Å². The van der Waals surface area contributed by atoms with Crippen LogP contribution in [0.1, 0.15) is 0 Å². The van der Waals surface area contributed by atoms with E-state index < -0.39 is 53.9 Å². The zero-order valence-electron chi connectivity index (χ0n) is 6.78. The van der Waals surface area contributed by atoms with Gasteiger partial charge in [0.05, 0.1) is 0 Å². The molecule has 0 aromatic rings. The number of allylic oxidation sites excluding steroid dienone is 4. The topological polar surface area (TPSA) is 0 Å². The fourth-order valence-electron chi connectivity index (χ4n) is 0.896. The normalized spacial score (nSPS) is 24.9. The average molecular weight is 370 g/mol. The van der Waals surface area contributed by atoms with Gasteiger partial charge < -0.3 is 0 Å². The summed E-state index contributed by atoms with van der Waals surface area (Å²) >= 11 is -5.92. The van der Waals surface area contributed by atoms with Crippen molar-refractivity contribution in [1.82, 2.24) is 0 Å². The first-order chi connectivity index (χ1) is 7.04. The second-order valence-corrected chi connectivity index (χ2v) is 4.80. The fraction of sp³-hybridized carbons (Fsp3) is 0.333. The van der Waals surface area contributed by atoms with Crippen LogP contribution in [-0.2, 0) is 0 Å². The Hall–Kier alpha value is -0.420. The average Bonchev–Trinajstić information content (AvgIpc) is 2.12. The van der Waals surface area contributed by atoms with Gasteiger partial charge in [-0.05, 0) is 0 Å². The molecule has 94 valence electrons. The molecule has 0 unspecified atom stereocenters. The van der Waals surface area contributed by atoms with Crippen LogP contribution in [0.15, 0.2) is 21.1 Å². The summed E-state index contributed by atoms with van der Waals surface area (Å²) in [4.78, 5) is 0. The first kappa shape index (κ1) is 13.6. The van der Waals surface area contributed by atoms with E-state index in [4.69, 9.17) is 0 Å². The zero-order chi connectivity index (χ0) is 12.9. The van der Waals surface area contributed by atoms with Crippen molar-refractivity contribution < 1.29 is 36.5 Å². The van der Waals surface area contributed by atoms with Gasteiger partial charge in [0.2, 0.25) is 0 Å². The van der Waals surface area contributed by atoms with Crippen molar-refractivity contribution in [3.63, 3.8) is 0 Å². The van der Waals surface area contributed by atoms with Gasteiger partial charge in [-0.2, -0.15) is 0 Å². The van der Waals surface area contributed by atoms with E-state index in [0.29, 0.717) is 0 Å². The summed E-state index contributed by atoms with van der Waals surface area (Å²) in [6.45, 7) is 0. The monoisotopic (exact) mass is 370 g/mol. The summed E-state index contributed by atoms with van der Waals surface area (Å²) in [5.41, 5.74) is 0. The third kappa shape index (κ3) is 1.70. The Kier molecular flexibility index (Phi) is 3.25. The van der Waals surface area contributed by atoms with Gasteiger partial charge in [-0.3, -0.25) is 0 Å². The number of halogens is 10. The van der Waals surface area contributed by atoms with Gasteiger partial charge in [0.15, 0.2) is 0 Å². The standard InChI is InChI=1S/C6F9I/c7-1-2(8)6(12,13)4(16(14)15)3(9)5(1,10)11. The quantitative estimate of drug-likeness (QED) is 0.456. The first-order valence-electron chi connectivity index (χ1n) is 3.30. The van der Waals surface area contributed by atoms with Gasteiger partial charge in [-0.1, -0.05) is 0 Å². The minimum atomic E-state index is -5.92. The van der Waals surface area contributed by atoms with Gasteiger partial charge in [0.25, 0.3) is 0 Å². The van der Waals surface area contributed by atoms with E-state index in [9.17, 15) is 36.5 Å². The summed E-state index contributed by atoms with van der Waals surface area (Å²) in [5, 5.41) is 0. The predicted octanol–water partition coefficient (Wildman–Crippen LogP) is 4.88. The predicted molar refractivity (Wildman–Crippen MR) is 43.5 cm³/mol. The van der Waals surface area contributed by atoms with E-state index in [0.717, 1.165) is 0 Å². The molecule has 0 nitrogen and oxygen atoms in total. The van der Waals surface area contributed by atoms with Crippen molar-refractivity contribution in [2.75, 3.05) is 0 Å². The number of alkyl halides is 4. The Morgan fingerprint density at radius 3 is 1.44 bits per heavy atom. The molecular formula is C6F9I. The Morgan fingerprint density at radius 1 is 0.688 bits per heavy atom. The van der Waals surface area contributed by atoms with E-state index in [2.05, 4.69) is 0 Å². The van der Waals surface area contributed by atoms with Crippen molar-refractivity contribution in [3.8, 4) is 0 Å². The van der Waals surface area contributed by atoms with Crippen LogP contribution >= 0.6 is 21.0 Å². The number of rotatable bonds is 1. The van der Waals surface area contributed by atoms with Crippen LogP contribution in [0.3, 0.4) is 0 Å². The summed E-state index contributed by atoms with van der Waals surface area (Å²) in [5.74, 6) is -20.8. The summed E-state index contributed by atoms with van der Waals surface area (Å²) in [7, 11) is 0. The molecule has 1 aliphatic carbocycles. The molecule has 0 heterocycles. The third-order valence-corrected chi connectivity index (χ3v) is 3.60. The maximum absolute atomic E-state index is 12.6. The third-order valence-electron chi connectivity index (χ3n) is 1.63. The molecule has 10 heteroatoms. The molecule has 0 saturated heterocycles. The van der Waals surface area contributed by atoms with E-state index in [1.54, 1.807) is 0 Å². The molecule has 0 aromatic carbocycles. The van der Waals surface area contributed by atoms with E-state index >= 15 is 0 Å². The maximum atomic E-state index is 12.6. The molecule has 1 aliphatic rings. The van der Waals surface area contributed by atoms with Crippen LogP contribution in [0.25, 0.3) is 0 Å². The van der Waals surface area contributed by atoms with E-state index in [-0.39, 0.29) is 0 Å². The van der Waals surface area contributed by atoms with Gasteiger partial charge in [0, 0.05) is 0 Å². The van der Waals surface area contributed by atoms with Gasteiger partial charge in [0.1, 0.15) is 0 Å². The molecule has 0 bridgehead atoms. The fourth-order valence-corrected chi connectivity index (χ4v) is 2.34. The number of hydrogen-bond donors (Lipinski definition) is 0. The summed E-state index contributed by atoms with van der Waals surface area (Å²) in [6, 6.07) is 0. The Bertz CT molecular complexity index is 379. The molecule has 0 amide bonds. The van der Waals surface area contributed by atoms with Crippen LogP contribution in [0.4, 0.5) is 36.5 Å². The molecule has 0 N–H and O–H groups in total. The minimum absolute atomic E-state index is 2.90. The molecule has 0 fully saturated rings. The van der Waals surface area contributed by atoms with Crippen molar-refractivity contribution in [2.45, 2.75) is 11.8 Å². The Morgan fingerprint density at radius 2 is 1.06 bits per heavy atom. The van der Waals surface area contributed by atoms with Crippen molar-refractivity contribution in [1.29, 1.82) is 0 Å². The molecular weight excluding hydrogens is 370 g/mol. The molecule has 0 spiro atoms. The van der Waals surface area contributed by atoms with Crippen LogP contribution in [0.2, 0.25) is 0 Å². The van der Waals surface area contributed by atoms with Gasteiger partial charge in [-0.15, -0.1) is 0 Å². The van der Waals surface area contributed by atoms with Crippen LogP contribution < -0.4 is 0 Å². The SMILES string of the molecule is FC1=C(F)C(F)(F)C(I(F)F)=C(F)C1(F)F. The second-order valence-electron chi connectivity index (χ2n) is 2.60. The Balaban J connectivity index is 3.53. The Labute approximate surface area is 90.7 Å². The molecule has 0 radical (unpaired) electrons. The molecule has 0 aromatic heterocycles. The summed E-state index contributed by atoms with van der Waals surface area (Å²) in [6.07, 6.45) is 0. The first-order valence-corrected chi connectivity index (χ1v) is 6.01. The molecule has 0 aliphatic heterocycles. The zero-order valence-corrected chi connectivity index (χ0v) is 8.94. The van der Waals surface area contributed by atoms with E-state index in [1.807, 2.05) is 0 Å². The summed E-state index contributed by atoms with van der Waals surface area (Å²) < 4.78 is 109. The van der Waals surface area contributed by atoms with Crippen molar-refractivity contribution in [3.05, 3.63) is 21.1 Å².